The predicted octanol–water partition coefficient (Wildman–Crippen LogP) is -1.34. The zero-order chi connectivity index (χ0) is 11.6. The molecule has 1 saturated heterocycles. The number of amides is 1. The van der Waals surface area contributed by atoms with Gasteiger partial charge in [-0.25, -0.2) is 4.99 Å². The average Bonchev–Trinajstić information content (AvgIpc) is 2.75. The topological polar surface area (TPSA) is 91.2 Å². The van der Waals surface area contributed by atoms with Crippen LogP contribution in [-0.2, 0) is 9.53 Å². The van der Waals surface area contributed by atoms with E-state index < -0.39 is 5.54 Å². The van der Waals surface area contributed by atoms with E-state index in [4.69, 9.17) is 14.9 Å². The zero-order valence-electron chi connectivity index (χ0n) is 8.98. The molecule has 0 aromatic rings. The van der Waals surface area contributed by atoms with Crippen molar-refractivity contribution in [3.8, 4) is 0 Å². The summed E-state index contributed by atoms with van der Waals surface area (Å²) in [6.07, 6.45) is 1.60. The van der Waals surface area contributed by atoms with E-state index >= 15 is 0 Å². The molecule has 90 valence electrons. The molecule has 1 fully saturated rings. The van der Waals surface area contributed by atoms with Crippen molar-refractivity contribution in [2.75, 3.05) is 26.4 Å². The first-order chi connectivity index (χ1) is 7.71. The largest absolute Gasteiger partial charge is 0.478 e. The van der Waals surface area contributed by atoms with Gasteiger partial charge in [0.05, 0.1) is 13.2 Å². The molecule has 1 amide bonds. The minimum atomic E-state index is -0.965. The Hall–Kier alpha value is -1.14. The van der Waals surface area contributed by atoms with Gasteiger partial charge in [0.2, 0.25) is 5.91 Å². The lowest BCUT2D eigenvalue weighted by Gasteiger charge is -2.20. The monoisotopic (exact) mass is 228 g/mol. The molecule has 0 aromatic heterocycles. The van der Waals surface area contributed by atoms with Gasteiger partial charge >= 0.3 is 0 Å². The second kappa shape index (κ2) is 4.39. The molecular weight excluding hydrogens is 212 g/mol. The van der Waals surface area contributed by atoms with Gasteiger partial charge in [-0.2, -0.15) is 0 Å². The van der Waals surface area contributed by atoms with Crippen molar-refractivity contribution >= 4 is 11.8 Å². The molecule has 6 nitrogen and oxygen atoms in total. The van der Waals surface area contributed by atoms with Crippen LogP contribution < -0.4 is 5.32 Å². The van der Waals surface area contributed by atoms with Crippen LogP contribution in [0.1, 0.15) is 12.8 Å². The van der Waals surface area contributed by atoms with Crippen LogP contribution in [-0.4, -0.2) is 53.9 Å². The van der Waals surface area contributed by atoms with Crippen LogP contribution in [0.2, 0.25) is 0 Å². The molecule has 16 heavy (non-hydrogen) atoms. The fourth-order valence-corrected chi connectivity index (χ4v) is 1.90. The van der Waals surface area contributed by atoms with Crippen LogP contribution in [0.3, 0.4) is 0 Å². The second-order valence-corrected chi connectivity index (χ2v) is 4.27. The van der Waals surface area contributed by atoms with Crippen molar-refractivity contribution in [2.24, 2.45) is 10.9 Å². The highest BCUT2D eigenvalue weighted by atomic mass is 16.5. The molecule has 2 rings (SSSR count). The predicted molar refractivity (Wildman–Crippen MR) is 56.0 cm³/mol. The van der Waals surface area contributed by atoms with Crippen molar-refractivity contribution in [1.82, 2.24) is 5.32 Å². The summed E-state index contributed by atoms with van der Waals surface area (Å²) in [6.45, 7) is 0.273. The van der Waals surface area contributed by atoms with Gasteiger partial charge in [-0.3, -0.25) is 4.79 Å². The third-order valence-electron chi connectivity index (χ3n) is 3.01. The fraction of sp³-hybridized carbons (Fsp3) is 0.800. The summed E-state index contributed by atoms with van der Waals surface area (Å²) >= 11 is 0. The Kier molecular flexibility index (Phi) is 3.11. The highest BCUT2D eigenvalue weighted by molar-refractivity contribution is 6.01. The lowest BCUT2D eigenvalue weighted by Crippen LogP contribution is -2.40. The summed E-state index contributed by atoms with van der Waals surface area (Å²) in [5.41, 5.74) is -0.965. The maximum atomic E-state index is 11.6. The number of nitrogens with zero attached hydrogens (tertiary/aromatic N) is 1. The molecule has 2 heterocycles. The number of aliphatic hydroxyl groups is 2. The maximum Gasteiger partial charge on any atom is 0.232 e. The number of nitrogens with one attached hydrogen (secondary N) is 1. The minimum absolute atomic E-state index is 0.0864. The van der Waals surface area contributed by atoms with E-state index in [2.05, 4.69) is 10.3 Å². The van der Waals surface area contributed by atoms with Gasteiger partial charge in [0, 0.05) is 6.54 Å². The van der Waals surface area contributed by atoms with Gasteiger partial charge in [-0.1, -0.05) is 0 Å². The maximum absolute atomic E-state index is 11.6. The van der Waals surface area contributed by atoms with Gasteiger partial charge < -0.3 is 20.3 Å². The smallest absolute Gasteiger partial charge is 0.232 e. The van der Waals surface area contributed by atoms with Crippen molar-refractivity contribution in [2.45, 2.75) is 18.4 Å². The van der Waals surface area contributed by atoms with Crippen molar-refractivity contribution < 1.29 is 19.7 Å². The van der Waals surface area contributed by atoms with Crippen LogP contribution in [0.5, 0.6) is 0 Å². The van der Waals surface area contributed by atoms with Crippen molar-refractivity contribution in [1.29, 1.82) is 0 Å². The van der Waals surface area contributed by atoms with Crippen molar-refractivity contribution in [3.63, 3.8) is 0 Å². The molecule has 0 aliphatic carbocycles. The molecular formula is C10H16N2O4. The number of aliphatic hydroxyl groups excluding tert-OH is 2. The van der Waals surface area contributed by atoms with E-state index in [-0.39, 0.29) is 31.6 Å². The SMILES string of the molecule is O=C1NCCCC1C1=NC(CO)(CO)CO1. The molecule has 1 atom stereocenters. The van der Waals surface area contributed by atoms with Gasteiger partial charge in [-0.15, -0.1) is 0 Å². The standard InChI is InChI=1S/C10H16N2O4/c13-4-10(5-14)6-16-9(12-10)7-2-1-3-11-8(7)15/h7,13-14H,1-6H2,(H,11,15). The summed E-state index contributed by atoms with van der Waals surface area (Å²) < 4.78 is 5.33. The summed E-state index contributed by atoms with van der Waals surface area (Å²) in [7, 11) is 0. The Morgan fingerprint density at radius 2 is 2.25 bits per heavy atom. The summed E-state index contributed by atoms with van der Waals surface area (Å²) in [4.78, 5) is 15.7. The normalized spacial score (nSPS) is 28.2. The first-order valence-corrected chi connectivity index (χ1v) is 5.43. The molecule has 3 N–H and O–H groups in total. The lowest BCUT2D eigenvalue weighted by molar-refractivity contribution is -0.124. The van der Waals surface area contributed by atoms with Crippen LogP contribution in [0, 0.1) is 5.92 Å². The van der Waals surface area contributed by atoms with Crippen LogP contribution in [0.4, 0.5) is 0 Å². The third-order valence-corrected chi connectivity index (χ3v) is 3.01. The number of rotatable bonds is 3. The molecule has 2 aliphatic rings. The van der Waals surface area contributed by atoms with E-state index in [1.54, 1.807) is 0 Å². The minimum Gasteiger partial charge on any atom is -0.478 e. The zero-order valence-corrected chi connectivity index (χ0v) is 8.98. The third kappa shape index (κ3) is 1.90. The summed E-state index contributed by atoms with van der Waals surface area (Å²) in [5, 5.41) is 21.0. The van der Waals surface area contributed by atoms with E-state index in [0.717, 1.165) is 6.42 Å². The molecule has 0 spiro atoms. The molecule has 0 saturated carbocycles. The number of hydrogen-bond acceptors (Lipinski definition) is 5. The molecule has 6 heteroatoms. The van der Waals surface area contributed by atoms with E-state index in [1.165, 1.54) is 0 Å². The average molecular weight is 228 g/mol. The molecule has 0 radical (unpaired) electrons. The fourth-order valence-electron chi connectivity index (χ4n) is 1.90. The Bertz CT molecular complexity index is 312. The van der Waals surface area contributed by atoms with Crippen LogP contribution in [0.15, 0.2) is 4.99 Å². The Morgan fingerprint density at radius 3 is 2.81 bits per heavy atom. The molecule has 0 bridgehead atoms. The molecule has 1 unspecified atom stereocenters. The number of carbonyl (C=O) groups is 1. The second-order valence-electron chi connectivity index (χ2n) is 4.27. The first-order valence-electron chi connectivity index (χ1n) is 5.43. The number of hydrogen-bond donors (Lipinski definition) is 3. The Morgan fingerprint density at radius 1 is 1.50 bits per heavy atom. The summed E-state index contributed by atoms with van der Waals surface area (Å²) in [6, 6.07) is 0. The van der Waals surface area contributed by atoms with Crippen LogP contribution >= 0.6 is 0 Å². The quantitative estimate of drug-likeness (QED) is 0.558. The van der Waals surface area contributed by atoms with Gasteiger partial charge in [0.15, 0.2) is 5.90 Å². The van der Waals surface area contributed by atoms with Gasteiger partial charge in [-0.05, 0) is 12.8 Å². The van der Waals surface area contributed by atoms with Crippen LogP contribution in [0.25, 0.3) is 0 Å². The van der Waals surface area contributed by atoms with Gasteiger partial charge in [0.25, 0.3) is 0 Å². The van der Waals surface area contributed by atoms with E-state index in [0.29, 0.717) is 18.9 Å². The van der Waals surface area contributed by atoms with Gasteiger partial charge in [0.1, 0.15) is 18.1 Å². The lowest BCUT2D eigenvalue weighted by atomic mass is 9.98. The number of aliphatic imine (C=N–C) groups is 1. The first kappa shape index (κ1) is 11.3. The molecule has 2 aliphatic heterocycles. The number of piperidine rings is 1. The Labute approximate surface area is 93.3 Å². The highest BCUT2D eigenvalue weighted by Crippen LogP contribution is 2.24. The number of ether oxygens (including phenoxy) is 1. The van der Waals surface area contributed by atoms with E-state index in [1.807, 2.05) is 0 Å². The summed E-state index contributed by atoms with van der Waals surface area (Å²) in [5.74, 6) is -0.106. The van der Waals surface area contributed by atoms with Crippen molar-refractivity contribution in [3.05, 3.63) is 0 Å². The number of carbonyl (C=O) groups excluding carboxylic acids is 1. The Balaban J connectivity index is 2.13. The highest BCUT2D eigenvalue weighted by Gasteiger charge is 2.40. The van der Waals surface area contributed by atoms with E-state index in [9.17, 15) is 4.79 Å². The molecule has 0 aromatic carbocycles.